The molecule has 0 N–H and O–H groups in total. The predicted octanol–water partition coefficient (Wildman–Crippen LogP) is 4.39. The maximum absolute atomic E-state index is 10.7. The molecule has 0 radical (unpaired) electrons. The molecule has 0 saturated carbocycles. The highest BCUT2D eigenvalue weighted by atomic mass is 16.1. The minimum atomic E-state index is 0.753. The van der Waals surface area contributed by atoms with Gasteiger partial charge in [-0.3, -0.25) is 4.79 Å². The second-order valence-corrected chi connectivity index (χ2v) is 4.52. The minimum Gasteiger partial charge on any atom is -0.298 e. The van der Waals surface area contributed by atoms with Gasteiger partial charge in [0.25, 0.3) is 0 Å². The van der Waals surface area contributed by atoms with E-state index in [2.05, 4.69) is 25.1 Å². The lowest BCUT2D eigenvalue weighted by Gasteiger charge is -2.04. The first-order chi connectivity index (χ1) is 8.33. The number of hydrogen-bond acceptors (Lipinski definition) is 1. The van der Waals surface area contributed by atoms with Gasteiger partial charge in [-0.2, -0.15) is 0 Å². The van der Waals surface area contributed by atoms with Crippen molar-refractivity contribution in [1.82, 2.24) is 0 Å². The molecule has 0 aliphatic rings. The molecule has 0 unspecified atom stereocenters. The summed E-state index contributed by atoms with van der Waals surface area (Å²) >= 11 is 0. The summed E-state index contributed by atoms with van der Waals surface area (Å²) in [6.07, 6.45) is 5.82. The van der Waals surface area contributed by atoms with Crippen LogP contribution in [0.2, 0.25) is 0 Å². The van der Waals surface area contributed by atoms with Gasteiger partial charge in [0.05, 0.1) is 0 Å². The third-order valence-corrected chi connectivity index (χ3v) is 3.13. The highest BCUT2D eigenvalue weighted by Crippen LogP contribution is 2.18. The van der Waals surface area contributed by atoms with Crippen molar-refractivity contribution in [3.63, 3.8) is 0 Å². The van der Waals surface area contributed by atoms with Crippen LogP contribution in [0.15, 0.2) is 36.4 Å². The Kier molecular flexibility index (Phi) is 3.92. The van der Waals surface area contributed by atoms with Gasteiger partial charge in [0.15, 0.2) is 0 Å². The SMILES string of the molecule is CCCCCc1ccc2ccc(C=O)cc2c1. The fourth-order valence-corrected chi connectivity index (χ4v) is 2.12. The van der Waals surface area contributed by atoms with E-state index in [9.17, 15) is 4.79 Å². The van der Waals surface area contributed by atoms with Crippen molar-refractivity contribution >= 4 is 17.1 Å². The Balaban J connectivity index is 2.25. The number of benzene rings is 2. The summed E-state index contributed by atoms with van der Waals surface area (Å²) in [6, 6.07) is 12.4. The molecule has 0 atom stereocenters. The highest BCUT2D eigenvalue weighted by molar-refractivity contribution is 5.89. The minimum absolute atomic E-state index is 0.753. The summed E-state index contributed by atoms with van der Waals surface area (Å²) in [5.41, 5.74) is 2.12. The van der Waals surface area contributed by atoms with E-state index < -0.39 is 0 Å². The van der Waals surface area contributed by atoms with Crippen LogP contribution in [0.25, 0.3) is 10.8 Å². The van der Waals surface area contributed by atoms with Crippen LogP contribution in [0.1, 0.15) is 42.1 Å². The Morgan fingerprint density at radius 1 is 1.00 bits per heavy atom. The van der Waals surface area contributed by atoms with Crippen molar-refractivity contribution in [3.05, 3.63) is 47.5 Å². The fourth-order valence-electron chi connectivity index (χ4n) is 2.12. The van der Waals surface area contributed by atoms with Crippen LogP contribution in [0, 0.1) is 0 Å². The van der Waals surface area contributed by atoms with E-state index in [-0.39, 0.29) is 0 Å². The van der Waals surface area contributed by atoms with Crippen molar-refractivity contribution in [3.8, 4) is 0 Å². The topological polar surface area (TPSA) is 17.1 Å². The molecule has 17 heavy (non-hydrogen) atoms. The summed E-state index contributed by atoms with van der Waals surface area (Å²) in [5.74, 6) is 0. The normalized spacial score (nSPS) is 10.6. The summed E-state index contributed by atoms with van der Waals surface area (Å²) in [7, 11) is 0. The quantitative estimate of drug-likeness (QED) is 0.546. The number of unbranched alkanes of at least 4 members (excludes halogenated alkanes) is 2. The van der Waals surface area contributed by atoms with Gasteiger partial charge in [-0.25, -0.2) is 0 Å². The predicted molar refractivity (Wildman–Crippen MR) is 72.6 cm³/mol. The molecule has 0 fully saturated rings. The second kappa shape index (κ2) is 5.62. The number of aryl methyl sites for hydroxylation is 1. The van der Waals surface area contributed by atoms with Crippen molar-refractivity contribution in [2.24, 2.45) is 0 Å². The van der Waals surface area contributed by atoms with Crippen molar-refractivity contribution < 1.29 is 4.79 Å². The molecule has 0 aromatic heterocycles. The zero-order chi connectivity index (χ0) is 12.1. The number of carbonyl (C=O) groups excluding carboxylic acids is 1. The lowest BCUT2D eigenvalue weighted by Crippen LogP contribution is -1.87. The number of aldehydes is 1. The lowest BCUT2D eigenvalue weighted by atomic mass is 10.0. The average Bonchev–Trinajstić information content (AvgIpc) is 2.38. The molecule has 0 saturated heterocycles. The maximum atomic E-state index is 10.7. The smallest absolute Gasteiger partial charge is 0.150 e. The van der Waals surface area contributed by atoms with Crippen LogP contribution < -0.4 is 0 Å². The Hall–Kier alpha value is -1.63. The van der Waals surface area contributed by atoms with Gasteiger partial charge < -0.3 is 0 Å². The first kappa shape index (κ1) is 11.8. The van der Waals surface area contributed by atoms with E-state index in [1.54, 1.807) is 0 Å². The monoisotopic (exact) mass is 226 g/mol. The van der Waals surface area contributed by atoms with Gasteiger partial charge in [-0.1, -0.05) is 50.1 Å². The van der Waals surface area contributed by atoms with Gasteiger partial charge in [0.2, 0.25) is 0 Å². The van der Waals surface area contributed by atoms with Crippen LogP contribution in [0.4, 0.5) is 0 Å². The van der Waals surface area contributed by atoms with E-state index in [0.29, 0.717) is 0 Å². The highest BCUT2D eigenvalue weighted by Gasteiger charge is 1.98. The molecule has 0 aliphatic heterocycles. The fraction of sp³-hybridized carbons (Fsp3) is 0.312. The second-order valence-electron chi connectivity index (χ2n) is 4.52. The third kappa shape index (κ3) is 2.94. The standard InChI is InChI=1S/C16H18O/c1-2-3-4-5-13-6-8-15-9-7-14(12-17)11-16(15)10-13/h6-12H,2-5H2,1H3. The summed E-state index contributed by atoms with van der Waals surface area (Å²) in [5, 5.41) is 2.37. The number of rotatable bonds is 5. The van der Waals surface area contributed by atoms with Crippen LogP contribution in [-0.2, 0) is 6.42 Å². The Labute approximate surface area is 102 Å². The summed E-state index contributed by atoms with van der Waals surface area (Å²) < 4.78 is 0. The van der Waals surface area contributed by atoms with Crippen LogP contribution in [0.5, 0.6) is 0 Å². The molecular weight excluding hydrogens is 208 g/mol. The third-order valence-electron chi connectivity index (χ3n) is 3.13. The summed E-state index contributed by atoms with van der Waals surface area (Å²) in [6.45, 7) is 2.22. The molecule has 88 valence electrons. The Morgan fingerprint density at radius 3 is 2.59 bits per heavy atom. The molecule has 0 bridgehead atoms. The molecule has 0 spiro atoms. The largest absolute Gasteiger partial charge is 0.298 e. The van der Waals surface area contributed by atoms with E-state index >= 15 is 0 Å². The zero-order valence-corrected chi connectivity index (χ0v) is 10.3. The van der Waals surface area contributed by atoms with Gasteiger partial charge in [-0.05, 0) is 35.2 Å². The Bertz CT molecular complexity index is 514. The molecule has 2 aromatic carbocycles. The Morgan fingerprint density at radius 2 is 1.82 bits per heavy atom. The van der Waals surface area contributed by atoms with Gasteiger partial charge in [0.1, 0.15) is 6.29 Å². The lowest BCUT2D eigenvalue weighted by molar-refractivity contribution is 0.112. The van der Waals surface area contributed by atoms with Crippen molar-refractivity contribution in [1.29, 1.82) is 0 Å². The molecule has 0 aliphatic carbocycles. The van der Waals surface area contributed by atoms with E-state index in [0.717, 1.165) is 18.3 Å². The first-order valence-electron chi connectivity index (χ1n) is 6.31. The number of fused-ring (bicyclic) bond motifs is 1. The van der Waals surface area contributed by atoms with E-state index in [1.165, 1.54) is 35.6 Å². The average molecular weight is 226 g/mol. The van der Waals surface area contributed by atoms with Crippen molar-refractivity contribution in [2.75, 3.05) is 0 Å². The number of carbonyl (C=O) groups is 1. The van der Waals surface area contributed by atoms with Gasteiger partial charge in [-0.15, -0.1) is 0 Å². The van der Waals surface area contributed by atoms with Crippen LogP contribution in [0.3, 0.4) is 0 Å². The van der Waals surface area contributed by atoms with Crippen LogP contribution in [-0.4, -0.2) is 6.29 Å². The zero-order valence-electron chi connectivity index (χ0n) is 10.3. The molecule has 1 nitrogen and oxygen atoms in total. The van der Waals surface area contributed by atoms with E-state index in [4.69, 9.17) is 0 Å². The molecule has 0 amide bonds. The molecule has 0 heterocycles. The number of hydrogen-bond donors (Lipinski definition) is 0. The first-order valence-corrected chi connectivity index (χ1v) is 6.31. The molecule has 2 aromatic rings. The molecule has 1 heteroatoms. The molecular formula is C16H18O. The van der Waals surface area contributed by atoms with Gasteiger partial charge in [0, 0.05) is 5.56 Å². The summed E-state index contributed by atoms with van der Waals surface area (Å²) in [4.78, 5) is 10.7. The van der Waals surface area contributed by atoms with E-state index in [1.807, 2.05) is 18.2 Å². The molecule has 2 rings (SSSR count). The maximum Gasteiger partial charge on any atom is 0.150 e. The van der Waals surface area contributed by atoms with Crippen molar-refractivity contribution in [2.45, 2.75) is 32.6 Å². The van der Waals surface area contributed by atoms with Gasteiger partial charge >= 0.3 is 0 Å². The van der Waals surface area contributed by atoms with Crippen LogP contribution >= 0.6 is 0 Å².